The highest BCUT2D eigenvalue weighted by molar-refractivity contribution is 5.84. The fraction of sp³-hybridized carbons (Fsp3) is 0.0625. The van der Waals surface area contributed by atoms with Crippen LogP contribution in [-0.2, 0) is 0 Å². The van der Waals surface area contributed by atoms with Crippen molar-refractivity contribution in [1.82, 2.24) is 0 Å². The summed E-state index contributed by atoms with van der Waals surface area (Å²) in [6.45, 7) is 0. The van der Waals surface area contributed by atoms with Gasteiger partial charge in [-0.05, 0) is 41.0 Å². The van der Waals surface area contributed by atoms with Gasteiger partial charge in [-0.15, -0.1) is 0 Å². The van der Waals surface area contributed by atoms with Gasteiger partial charge >= 0.3 is 0 Å². The van der Waals surface area contributed by atoms with Crippen LogP contribution in [0, 0.1) is 0 Å². The molecule has 0 unspecified atom stereocenters. The van der Waals surface area contributed by atoms with E-state index in [-0.39, 0.29) is 0 Å². The molecule has 2 aromatic rings. The molecule has 1 heteroatoms. The highest BCUT2D eigenvalue weighted by Crippen LogP contribution is 2.22. The Bertz CT molecular complexity index is 807. The van der Waals surface area contributed by atoms with E-state index >= 15 is 0 Å². The summed E-state index contributed by atoms with van der Waals surface area (Å²) >= 11 is 0. The Hall–Kier alpha value is -2.15. The molecule has 0 amide bonds. The number of nitrogens with zero attached hydrogens (tertiary/aromatic N) is 1. The molecule has 1 aliphatic heterocycles. The van der Waals surface area contributed by atoms with Crippen LogP contribution in [0.5, 0.6) is 0 Å². The Morgan fingerprint density at radius 2 is 1.82 bits per heavy atom. The Labute approximate surface area is 99.1 Å². The van der Waals surface area contributed by atoms with Crippen LogP contribution < -0.4 is 10.6 Å². The average Bonchev–Trinajstić information content (AvgIpc) is 2.73. The predicted molar refractivity (Wildman–Crippen MR) is 70.0 cm³/mol. The van der Waals surface area contributed by atoms with Crippen molar-refractivity contribution in [2.45, 2.75) is 6.42 Å². The SMILES string of the molecule is C1=CCC2=c3cc4ccccc4cc3=NC2=C1. The average molecular weight is 217 g/mol. The van der Waals surface area contributed by atoms with Crippen LogP contribution in [-0.4, -0.2) is 0 Å². The number of rotatable bonds is 0. The van der Waals surface area contributed by atoms with Gasteiger partial charge in [-0.2, -0.15) is 0 Å². The second-order valence-electron chi connectivity index (χ2n) is 4.49. The van der Waals surface area contributed by atoms with Gasteiger partial charge in [0.15, 0.2) is 0 Å². The number of benzene rings is 2. The van der Waals surface area contributed by atoms with Gasteiger partial charge in [-0.3, -0.25) is 0 Å². The van der Waals surface area contributed by atoms with Gasteiger partial charge in [0.25, 0.3) is 0 Å². The Morgan fingerprint density at radius 1 is 1.00 bits per heavy atom. The molecular formula is C16H11N. The summed E-state index contributed by atoms with van der Waals surface area (Å²) in [5.41, 5.74) is 2.51. The van der Waals surface area contributed by atoms with E-state index in [4.69, 9.17) is 4.99 Å². The summed E-state index contributed by atoms with van der Waals surface area (Å²) in [5.74, 6) is 0. The van der Waals surface area contributed by atoms with Crippen molar-refractivity contribution < 1.29 is 0 Å². The summed E-state index contributed by atoms with van der Waals surface area (Å²) in [6.07, 6.45) is 7.39. The minimum Gasteiger partial charge on any atom is -0.248 e. The van der Waals surface area contributed by atoms with Crippen LogP contribution in [0.3, 0.4) is 0 Å². The molecule has 0 atom stereocenters. The third kappa shape index (κ3) is 1.22. The van der Waals surface area contributed by atoms with Crippen molar-refractivity contribution >= 4 is 16.3 Å². The van der Waals surface area contributed by atoms with E-state index in [0.717, 1.165) is 17.5 Å². The van der Waals surface area contributed by atoms with Crippen LogP contribution in [0.1, 0.15) is 6.42 Å². The fourth-order valence-electron chi connectivity index (χ4n) is 2.60. The zero-order chi connectivity index (χ0) is 11.2. The van der Waals surface area contributed by atoms with Crippen LogP contribution in [0.4, 0.5) is 0 Å². The number of hydrogen-bond acceptors (Lipinski definition) is 1. The minimum atomic E-state index is 1.00. The summed E-state index contributed by atoms with van der Waals surface area (Å²) in [7, 11) is 0. The minimum absolute atomic E-state index is 1.00. The third-order valence-electron chi connectivity index (χ3n) is 3.45. The summed E-state index contributed by atoms with van der Waals surface area (Å²) in [4.78, 5) is 4.70. The van der Waals surface area contributed by atoms with E-state index in [9.17, 15) is 0 Å². The number of hydrogen-bond donors (Lipinski definition) is 0. The number of fused-ring (bicyclic) bond motifs is 3. The molecular weight excluding hydrogens is 206 g/mol. The molecule has 0 fully saturated rings. The van der Waals surface area contributed by atoms with Crippen LogP contribution >= 0.6 is 0 Å². The second kappa shape index (κ2) is 3.17. The predicted octanol–water partition coefficient (Wildman–Crippen LogP) is 2.47. The Kier molecular flexibility index (Phi) is 1.67. The second-order valence-corrected chi connectivity index (χ2v) is 4.49. The molecule has 0 bridgehead atoms. The quantitative estimate of drug-likeness (QED) is 0.643. The van der Waals surface area contributed by atoms with E-state index in [0.29, 0.717) is 0 Å². The summed E-state index contributed by atoms with van der Waals surface area (Å²) in [6, 6.07) is 12.9. The third-order valence-corrected chi connectivity index (χ3v) is 3.45. The van der Waals surface area contributed by atoms with Gasteiger partial charge in [0.2, 0.25) is 0 Å². The monoisotopic (exact) mass is 217 g/mol. The summed E-state index contributed by atoms with van der Waals surface area (Å²) in [5, 5.41) is 4.99. The molecule has 4 rings (SSSR count). The molecule has 17 heavy (non-hydrogen) atoms. The molecule has 2 aliphatic rings. The molecule has 80 valence electrons. The van der Waals surface area contributed by atoms with Crippen LogP contribution in [0.2, 0.25) is 0 Å². The molecule has 2 aromatic carbocycles. The van der Waals surface area contributed by atoms with Crippen molar-refractivity contribution in [2.75, 3.05) is 0 Å². The largest absolute Gasteiger partial charge is 0.248 e. The molecule has 0 spiro atoms. The van der Waals surface area contributed by atoms with Gasteiger partial charge in [0.1, 0.15) is 0 Å². The lowest BCUT2D eigenvalue weighted by molar-refractivity contribution is 1.28. The van der Waals surface area contributed by atoms with Crippen molar-refractivity contribution in [1.29, 1.82) is 0 Å². The Balaban J connectivity index is 2.19. The van der Waals surface area contributed by atoms with Crippen molar-refractivity contribution in [3.05, 3.63) is 70.9 Å². The van der Waals surface area contributed by atoms with E-state index in [2.05, 4.69) is 54.6 Å². The highest BCUT2D eigenvalue weighted by Gasteiger charge is 2.13. The molecule has 0 saturated heterocycles. The van der Waals surface area contributed by atoms with E-state index in [1.54, 1.807) is 0 Å². The normalized spacial score (nSPS) is 16.5. The van der Waals surface area contributed by atoms with Gasteiger partial charge in [-0.25, -0.2) is 4.99 Å². The van der Waals surface area contributed by atoms with Gasteiger partial charge in [-0.1, -0.05) is 36.4 Å². The fourth-order valence-corrected chi connectivity index (χ4v) is 2.60. The lowest BCUT2D eigenvalue weighted by Gasteiger charge is -2.03. The maximum absolute atomic E-state index is 4.70. The maximum Gasteiger partial charge on any atom is 0.0719 e. The topological polar surface area (TPSA) is 12.4 Å². The molecule has 1 aliphatic carbocycles. The van der Waals surface area contributed by atoms with E-state index < -0.39 is 0 Å². The van der Waals surface area contributed by atoms with Gasteiger partial charge in [0.05, 0.1) is 11.1 Å². The van der Waals surface area contributed by atoms with Gasteiger partial charge in [0, 0.05) is 5.22 Å². The van der Waals surface area contributed by atoms with Crippen molar-refractivity contribution in [3.63, 3.8) is 0 Å². The number of allylic oxidation sites excluding steroid dienone is 4. The first-order valence-corrected chi connectivity index (χ1v) is 5.90. The standard InChI is InChI=1S/C16H11N/c1-2-6-12-10-16-14(9-11(12)5-1)13-7-3-4-8-15(13)17-16/h1-6,8-10H,7H2. The van der Waals surface area contributed by atoms with E-state index in [1.165, 1.54) is 21.6 Å². The van der Waals surface area contributed by atoms with E-state index in [1.807, 2.05) is 0 Å². The first-order valence-electron chi connectivity index (χ1n) is 5.90. The molecule has 0 aromatic heterocycles. The van der Waals surface area contributed by atoms with Crippen LogP contribution in [0.25, 0.3) is 16.3 Å². The smallest absolute Gasteiger partial charge is 0.0719 e. The molecule has 1 nitrogen and oxygen atoms in total. The first kappa shape index (κ1) is 8.94. The van der Waals surface area contributed by atoms with Gasteiger partial charge < -0.3 is 0 Å². The lowest BCUT2D eigenvalue weighted by atomic mass is 10.0. The molecule has 1 heterocycles. The summed E-state index contributed by atoms with van der Waals surface area (Å²) < 4.78 is 0. The highest BCUT2D eigenvalue weighted by atomic mass is 14.8. The van der Waals surface area contributed by atoms with Crippen molar-refractivity contribution in [3.8, 4) is 0 Å². The molecule has 0 N–H and O–H groups in total. The van der Waals surface area contributed by atoms with Crippen molar-refractivity contribution in [2.24, 2.45) is 4.99 Å². The Morgan fingerprint density at radius 3 is 2.71 bits per heavy atom. The maximum atomic E-state index is 4.70. The lowest BCUT2D eigenvalue weighted by Crippen LogP contribution is -2.22. The zero-order valence-corrected chi connectivity index (χ0v) is 9.35. The molecule has 0 saturated carbocycles. The first-order chi connectivity index (χ1) is 8.42. The molecule has 0 radical (unpaired) electrons. The van der Waals surface area contributed by atoms with Crippen LogP contribution in [0.15, 0.2) is 65.3 Å². The zero-order valence-electron chi connectivity index (χ0n) is 9.35.